The number of para-hydroxylation sites is 1. The summed E-state index contributed by atoms with van der Waals surface area (Å²) >= 11 is 1.87. The lowest BCUT2D eigenvalue weighted by atomic mass is 9.37. The van der Waals surface area contributed by atoms with Gasteiger partial charge in [0.05, 0.1) is 0 Å². The fraction of sp³-hybridized carbons (Fsp3) is 0.304. The van der Waals surface area contributed by atoms with Crippen LogP contribution in [-0.2, 0) is 21.7 Å². The predicted octanol–water partition coefficient (Wildman–Crippen LogP) is 10.9. The molecule has 0 bridgehead atoms. The van der Waals surface area contributed by atoms with Gasteiger partial charge in [-0.15, -0.1) is 11.3 Å². The molecule has 3 heterocycles. The van der Waals surface area contributed by atoms with Gasteiger partial charge in [0.15, 0.2) is 0 Å². The molecule has 0 N–H and O–H groups in total. The van der Waals surface area contributed by atoms with E-state index in [1.807, 2.05) is 11.3 Å². The van der Waals surface area contributed by atoms with E-state index in [-0.39, 0.29) is 28.4 Å². The van der Waals surface area contributed by atoms with Crippen molar-refractivity contribution in [3.05, 3.63) is 113 Å². The fourth-order valence-electron chi connectivity index (χ4n) is 10.7. The van der Waals surface area contributed by atoms with Gasteiger partial charge in [-0.1, -0.05) is 128 Å². The number of ether oxygens (including phenoxy) is 2. The second-order valence-electron chi connectivity index (χ2n) is 17.9. The Morgan fingerprint density at radius 1 is 0.540 bits per heavy atom. The Labute approximate surface area is 300 Å². The number of hydrogen-bond acceptors (Lipinski definition) is 3. The number of fused-ring (bicyclic) bond motifs is 8. The van der Waals surface area contributed by atoms with Crippen molar-refractivity contribution in [2.24, 2.45) is 0 Å². The van der Waals surface area contributed by atoms with Gasteiger partial charge in [-0.2, -0.15) is 0 Å². The van der Waals surface area contributed by atoms with E-state index >= 15 is 0 Å². The van der Waals surface area contributed by atoms with E-state index in [0.29, 0.717) is 0 Å². The third-order valence-corrected chi connectivity index (χ3v) is 13.6. The molecule has 4 heteroatoms. The summed E-state index contributed by atoms with van der Waals surface area (Å²) in [6, 6.07) is 34.1. The molecule has 0 spiro atoms. The molecule has 2 nitrogen and oxygen atoms in total. The summed E-state index contributed by atoms with van der Waals surface area (Å²) in [6.45, 7) is 19.2. The smallest absolute Gasteiger partial charge is 0.273 e. The Balaban J connectivity index is 1.16. The maximum Gasteiger partial charge on any atom is 0.273 e. The third kappa shape index (κ3) is 4.09. The summed E-state index contributed by atoms with van der Waals surface area (Å²) < 4.78 is 16.4. The van der Waals surface area contributed by atoms with Crippen LogP contribution in [0.3, 0.4) is 0 Å². The van der Waals surface area contributed by atoms with Crippen LogP contribution in [-0.4, -0.2) is 6.71 Å². The van der Waals surface area contributed by atoms with Crippen LogP contribution in [0.1, 0.15) is 90.5 Å². The Morgan fingerprint density at radius 2 is 1.06 bits per heavy atom. The van der Waals surface area contributed by atoms with Gasteiger partial charge in [0.25, 0.3) is 6.71 Å². The molecule has 0 atom stereocenters. The van der Waals surface area contributed by atoms with Gasteiger partial charge in [-0.05, 0) is 97.1 Å². The summed E-state index contributed by atoms with van der Waals surface area (Å²) in [5, 5.41) is 1.21. The quantitative estimate of drug-likeness (QED) is 0.171. The van der Waals surface area contributed by atoms with Crippen LogP contribution in [0, 0.1) is 0 Å². The molecule has 0 unspecified atom stereocenters. The molecule has 0 fully saturated rings. The molecule has 4 aliphatic rings. The minimum absolute atomic E-state index is 0.0310. The van der Waals surface area contributed by atoms with Crippen LogP contribution < -0.4 is 25.2 Å². The number of benzene rings is 5. The van der Waals surface area contributed by atoms with Gasteiger partial charge in [0.2, 0.25) is 0 Å². The Morgan fingerprint density at radius 3 is 1.70 bits per heavy atom. The zero-order chi connectivity index (χ0) is 34.5. The van der Waals surface area contributed by atoms with Gasteiger partial charge >= 0.3 is 0 Å². The second-order valence-corrected chi connectivity index (χ2v) is 19.0. The van der Waals surface area contributed by atoms with Gasteiger partial charge in [0.1, 0.15) is 23.0 Å². The zero-order valence-electron chi connectivity index (χ0n) is 30.4. The van der Waals surface area contributed by atoms with Crippen molar-refractivity contribution in [1.29, 1.82) is 0 Å². The Bertz CT molecular complexity index is 2460. The maximum absolute atomic E-state index is 6.96. The molecule has 2 aliphatic heterocycles. The normalized spacial score (nSPS) is 19.2. The molecule has 0 saturated carbocycles. The molecule has 50 heavy (non-hydrogen) atoms. The largest absolute Gasteiger partial charge is 0.458 e. The highest BCUT2D eigenvalue weighted by atomic mass is 32.1. The lowest BCUT2D eigenvalue weighted by Crippen LogP contribution is -2.56. The minimum Gasteiger partial charge on any atom is -0.458 e. The highest BCUT2D eigenvalue weighted by Crippen LogP contribution is 2.53. The molecule has 0 amide bonds. The lowest BCUT2D eigenvalue weighted by Gasteiger charge is -2.32. The highest BCUT2D eigenvalue weighted by molar-refractivity contribution is 7.33. The van der Waals surface area contributed by atoms with Gasteiger partial charge < -0.3 is 9.47 Å². The molecule has 1 aromatic heterocycles. The van der Waals surface area contributed by atoms with Crippen LogP contribution in [0.25, 0.3) is 32.3 Å². The molecule has 248 valence electrons. The molecule has 2 aliphatic carbocycles. The number of rotatable bonds is 2. The SMILES string of the molecule is CC1(C)CC(C)(C)c2cc(-c3cccc4c3Oc3cccc5c3B4c3sc4cccc(-c6ccc7c(c6)C(C)(C)CC7(C)C)c4c3O5)ccc21. The van der Waals surface area contributed by atoms with Crippen LogP contribution in [0.5, 0.6) is 23.0 Å². The van der Waals surface area contributed by atoms with E-state index in [0.717, 1.165) is 46.9 Å². The van der Waals surface area contributed by atoms with Crippen molar-refractivity contribution < 1.29 is 9.47 Å². The number of hydrogen-bond donors (Lipinski definition) is 0. The monoisotopic (exact) mass is 670 g/mol. The van der Waals surface area contributed by atoms with Crippen molar-refractivity contribution in [3.8, 4) is 45.3 Å². The van der Waals surface area contributed by atoms with Gasteiger partial charge in [-0.25, -0.2) is 0 Å². The second kappa shape index (κ2) is 9.73. The minimum atomic E-state index is 0.0310. The topological polar surface area (TPSA) is 18.5 Å². The number of thiophene rings is 1. The summed E-state index contributed by atoms with van der Waals surface area (Å²) in [7, 11) is 0. The van der Waals surface area contributed by atoms with Crippen molar-refractivity contribution >= 4 is 43.8 Å². The molecule has 10 rings (SSSR count). The first-order valence-corrected chi connectivity index (χ1v) is 19.0. The Kier molecular flexibility index (Phi) is 5.95. The lowest BCUT2D eigenvalue weighted by molar-refractivity contribution is 0.402. The molecular weight excluding hydrogens is 627 g/mol. The molecule has 6 aromatic rings. The first-order chi connectivity index (χ1) is 23.7. The molecular formula is C46H43BO2S. The maximum atomic E-state index is 6.96. The van der Waals surface area contributed by atoms with E-state index in [1.165, 1.54) is 59.3 Å². The summed E-state index contributed by atoms with van der Waals surface area (Å²) in [5.74, 6) is 3.74. The molecule has 0 radical (unpaired) electrons. The average molecular weight is 671 g/mol. The van der Waals surface area contributed by atoms with Crippen LogP contribution >= 0.6 is 11.3 Å². The van der Waals surface area contributed by atoms with Gasteiger partial charge in [-0.3, -0.25) is 0 Å². The van der Waals surface area contributed by atoms with E-state index < -0.39 is 0 Å². The van der Waals surface area contributed by atoms with E-state index in [9.17, 15) is 0 Å². The summed E-state index contributed by atoms with van der Waals surface area (Å²) in [5.41, 5.74) is 13.7. The van der Waals surface area contributed by atoms with Crippen molar-refractivity contribution in [3.63, 3.8) is 0 Å². The van der Waals surface area contributed by atoms with E-state index in [4.69, 9.17) is 9.47 Å². The summed E-state index contributed by atoms with van der Waals surface area (Å²) in [4.78, 5) is 0. The van der Waals surface area contributed by atoms with E-state index in [1.54, 1.807) is 0 Å². The predicted molar refractivity (Wildman–Crippen MR) is 212 cm³/mol. The highest BCUT2D eigenvalue weighted by Gasteiger charge is 2.45. The van der Waals surface area contributed by atoms with Crippen LogP contribution in [0.15, 0.2) is 91.0 Å². The van der Waals surface area contributed by atoms with Crippen molar-refractivity contribution in [2.45, 2.75) is 89.9 Å². The standard InChI is InChI=1S/C46H43BO2S/c1-43(2)24-45(5,6)32-22-26(18-20-30(32)43)28-12-10-17-37-38(28)41-42(50-37)47-34-14-9-13-29(40(34)48-35-15-11-16-36(49-41)39(35)47)27-19-21-31-33(23-27)46(7,8)25-44(31,3)4/h9-23H,24-25H2,1-8H3. The zero-order valence-corrected chi connectivity index (χ0v) is 31.2. The molecule has 0 saturated heterocycles. The third-order valence-electron chi connectivity index (χ3n) is 12.4. The molecule has 5 aromatic carbocycles. The van der Waals surface area contributed by atoms with E-state index in [2.05, 4.69) is 146 Å². The average Bonchev–Trinajstić information content (AvgIpc) is 3.60. The Hall–Kier alpha value is -4.28. The van der Waals surface area contributed by atoms with Gasteiger partial charge in [0, 0.05) is 25.9 Å². The first kappa shape index (κ1) is 30.5. The van der Waals surface area contributed by atoms with Crippen molar-refractivity contribution in [2.75, 3.05) is 0 Å². The summed E-state index contributed by atoms with van der Waals surface area (Å²) in [6.07, 6.45) is 2.31. The van der Waals surface area contributed by atoms with Crippen LogP contribution in [0.2, 0.25) is 0 Å². The first-order valence-electron chi connectivity index (χ1n) is 18.2. The van der Waals surface area contributed by atoms with Crippen molar-refractivity contribution in [1.82, 2.24) is 0 Å². The fourth-order valence-corrected chi connectivity index (χ4v) is 12.0. The van der Waals surface area contributed by atoms with Crippen LogP contribution in [0.4, 0.5) is 0 Å².